The number of nitrogens with zero attached hydrogens (tertiary/aromatic N) is 3. The SMILES string of the molecule is C[C@H](NS(=O)(=O)c1ccc([N+](=O)[O-])cc1)C(=O)NN(C)S(=O)(=O)c1ccc([N+](=O)[O-])cc1. The van der Waals surface area contributed by atoms with E-state index in [4.69, 9.17) is 0 Å². The van der Waals surface area contributed by atoms with E-state index in [2.05, 4.69) is 0 Å². The van der Waals surface area contributed by atoms with E-state index in [1.54, 1.807) is 0 Å². The molecule has 0 radical (unpaired) electrons. The number of hydrogen-bond donors (Lipinski definition) is 2. The van der Waals surface area contributed by atoms with E-state index in [0.29, 0.717) is 4.41 Å². The Morgan fingerprint density at radius 1 is 0.875 bits per heavy atom. The zero-order valence-electron chi connectivity index (χ0n) is 16.5. The van der Waals surface area contributed by atoms with Gasteiger partial charge in [-0.2, -0.15) is 4.72 Å². The molecule has 0 fully saturated rings. The molecule has 0 aliphatic carbocycles. The Morgan fingerprint density at radius 3 is 1.69 bits per heavy atom. The Labute approximate surface area is 182 Å². The second-order valence-electron chi connectivity index (χ2n) is 6.29. The number of hydrogen-bond acceptors (Lipinski definition) is 9. The number of amides is 1. The third kappa shape index (κ3) is 5.61. The van der Waals surface area contributed by atoms with Gasteiger partial charge in [0.15, 0.2) is 0 Å². The van der Waals surface area contributed by atoms with Crippen LogP contribution in [0.25, 0.3) is 0 Å². The number of carbonyl (C=O) groups is 1. The molecule has 2 rings (SSSR count). The Balaban J connectivity index is 2.10. The smallest absolute Gasteiger partial charge is 0.269 e. The molecular formula is C16H17N5O9S2. The van der Waals surface area contributed by atoms with Gasteiger partial charge in [-0.3, -0.25) is 30.4 Å². The Kier molecular flexibility index (Phi) is 7.24. The maximum absolute atomic E-state index is 12.5. The second-order valence-corrected chi connectivity index (χ2v) is 9.98. The maximum Gasteiger partial charge on any atom is 0.269 e. The average molecular weight is 487 g/mol. The minimum Gasteiger partial charge on any atom is -0.274 e. The van der Waals surface area contributed by atoms with Crippen LogP contribution in [-0.4, -0.2) is 50.1 Å². The van der Waals surface area contributed by atoms with Crippen molar-refractivity contribution in [1.29, 1.82) is 0 Å². The van der Waals surface area contributed by atoms with E-state index in [0.717, 1.165) is 62.5 Å². The molecule has 1 atom stereocenters. The van der Waals surface area contributed by atoms with Crippen molar-refractivity contribution in [3.8, 4) is 0 Å². The molecule has 0 aromatic heterocycles. The first kappa shape index (κ1) is 24.8. The lowest BCUT2D eigenvalue weighted by Crippen LogP contribution is -2.51. The highest BCUT2D eigenvalue weighted by Gasteiger charge is 2.27. The van der Waals surface area contributed by atoms with Gasteiger partial charge in [-0.15, -0.1) is 4.41 Å². The van der Waals surface area contributed by atoms with Crippen molar-refractivity contribution in [2.75, 3.05) is 7.05 Å². The number of rotatable bonds is 9. The van der Waals surface area contributed by atoms with Gasteiger partial charge in [-0.05, 0) is 31.2 Å². The van der Waals surface area contributed by atoms with Crippen molar-refractivity contribution in [3.05, 3.63) is 68.8 Å². The van der Waals surface area contributed by atoms with Crippen LogP contribution in [0.2, 0.25) is 0 Å². The lowest BCUT2D eigenvalue weighted by atomic mass is 10.3. The molecule has 16 heteroatoms. The highest BCUT2D eigenvalue weighted by atomic mass is 32.2. The standard InChI is InChI=1S/C16H17N5O9S2/c1-11(18-31(27,28)14-7-3-12(4-8-14)20(23)24)16(22)17-19(2)32(29,30)15-9-5-13(6-10-15)21(25)26/h3-11,18H,1-2H3,(H,17,22)/t11-/m0/s1. The number of nitro groups is 2. The molecule has 1 amide bonds. The number of carbonyl (C=O) groups excluding carboxylic acids is 1. The van der Waals surface area contributed by atoms with E-state index < -0.39 is 41.8 Å². The van der Waals surface area contributed by atoms with E-state index in [-0.39, 0.29) is 21.2 Å². The van der Waals surface area contributed by atoms with Crippen LogP contribution in [0, 0.1) is 20.2 Å². The summed E-state index contributed by atoms with van der Waals surface area (Å²) in [5, 5.41) is 21.3. The highest BCUT2D eigenvalue weighted by Crippen LogP contribution is 2.18. The quantitative estimate of drug-likeness (QED) is 0.374. The monoisotopic (exact) mass is 487 g/mol. The molecule has 0 bridgehead atoms. The van der Waals surface area contributed by atoms with Crippen molar-refractivity contribution in [2.24, 2.45) is 0 Å². The van der Waals surface area contributed by atoms with Crippen LogP contribution in [-0.2, 0) is 24.8 Å². The van der Waals surface area contributed by atoms with Crippen LogP contribution in [0.3, 0.4) is 0 Å². The molecule has 0 unspecified atom stereocenters. The van der Waals surface area contributed by atoms with Crippen LogP contribution in [0.1, 0.15) is 6.92 Å². The summed E-state index contributed by atoms with van der Waals surface area (Å²) >= 11 is 0. The average Bonchev–Trinajstić information content (AvgIpc) is 2.73. The van der Waals surface area contributed by atoms with Crippen molar-refractivity contribution in [2.45, 2.75) is 22.8 Å². The molecule has 0 saturated carbocycles. The normalized spacial score (nSPS) is 12.8. The summed E-state index contributed by atoms with van der Waals surface area (Å²) < 4.78 is 52.2. The summed E-state index contributed by atoms with van der Waals surface area (Å²) in [4.78, 5) is 31.6. The van der Waals surface area contributed by atoms with E-state index in [1.165, 1.54) is 0 Å². The number of non-ortho nitro benzene ring substituents is 2. The molecule has 0 aliphatic heterocycles. The van der Waals surface area contributed by atoms with Gasteiger partial charge in [-0.25, -0.2) is 16.8 Å². The summed E-state index contributed by atoms with van der Waals surface area (Å²) in [6, 6.07) is 6.41. The van der Waals surface area contributed by atoms with Crippen molar-refractivity contribution in [1.82, 2.24) is 14.6 Å². The fourth-order valence-corrected chi connectivity index (χ4v) is 4.52. The molecule has 14 nitrogen and oxygen atoms in total. The van der Waals surface area contributed by atoms with E-state index in [9.17, 15) is 41.9 Å². The van der Waals surface area contributed by atoms with Gasteiger partial charge in [0.2, 0.25) is 10.0 Å². The first-order chi connectivity index (χ1) is 14.8. The van der Waals surface area contributed by atoms with Gasteiger partial charge in [0, 0.05) is 31.3 Å². The Bertz CT molecular complexity index is 1240. The first-order valence-electron chi connectivity index (χ1n) is 8.56. The molecular weight excluding hydrogens is 470 g/mol. The van der Waals surface area contributed by atoms with Gasteiger partial charge in [0.1, 0.15) is 0 Å². The number of hydrazine groups is 1. The summed E-state index contributed by atoms with van der Waals surface area (Å²) in [7, 11) is -7.54. The number of nitrogens with one attached hydrogen (secondary N) is 2. The Morgan fingerprint density at radius 2 is 1.28 bits per heavy atom. The zero-order valence-corrected chi connectivity index (χ0v) is 18.2. The van der Waals surface area contributed by atoms with E-state index >= 15 is 0 Å². The highest BCUT2D eigenvalue weighted by molar-refractivity contribution is 7.89. The lowest BCUT2D eigenvalue weighted by molar-refractivity contribution is -0.385. The maximum atomic E-state index is 12.5. The van der Waals surface area contributed by atoms with Crippen LogP contribution in [0.4, 0.5) is 11.4 Å². The summed E-state index contributed by atoms with van der Waals surface area (Å²) in [6.07, 6.45) is 0. The lowest BCUT2D eigenvalue weighted by Gasteiger charge is -2.21. The molecule has 32 heavy (non-hydrogen) atoms. The van der Waals surface area contributed by atoms with Gasteiger partial charge < -0.3 is 0 Å². The Hall–Kier alpha value is -3.47. The fourth-order valence-electron chi connectivity index (χ4n) is 2.31. The predicted octanol–water partition coefficient (Wildman–Crippen LogP) is 0.522. The topological polar surface area (TPSA) is 199 Å². The van der Waals surface area contributed by atoms with E-state index in [1.807, 2.05) is 10.1 Å². The van der Waals surface area contributed by atoms with Crippen LogP contribution in [0.5, 0.6) is 0 Å². The van der Waals surface area contributed by atoms with Crippen molar-refractivity contribution in [3.63, 3.8) is 0 Å². The molecule has 2 N–H and O–H groups in total. The summed E-state index contributed by atoms with van der Waals surface area (Å²) in [6.45, 7) is 1.16. The molecule has 2 aromatic carbocycles. The van der Waals surface area contributed by atoms with Crippen LogP contribution in [0.15, 0.2) is 58.3 Å². The van der Waals surface area contributed by atoms with Gasteiger partial charge in [0.05, 0.1) is 25.7 Å². The number of sulfonamides is 2. The van der Waals surface area contributed by atoms with Crippen LogP contribution < -0.4 is 10.1 Å². The fraction of sp³-hybridized carbons (Fsp3) is 0.188. The predicted molar refractivity (Wildman–Crippen MR) is 109 cm³/mol. The van der Waals surface area contributed by atoms with Gasteiger partial charge >= 0.3 is 0 Å². The minimum absolute atomic E-state index is 0.326. The molecule has 0 spiro atoms. The molecule has 0 aliphatic rings. The summed E-state index contributed by atoms with van der Waals surface area (Å²) in [5.41, 5.74) is 1.36. The minimum atomic E-state index is -4.28. The number of nitro benzene ring substituents is 2. The third-order valence-corrected chi connectivity index (χ3v) is 7.29. The van der Waals surface area contributed by atoms with Gasteiger partial charge in [0.25, 0.3) is 27.3 Å². The third-order valence-electron chi connectivity index (χ3n) is 4.06. The molecule has 0 saturated heterocycles. The van der Waals surface area contributed by atoms with Crippen molar-refractivity contribution >= 4 is 37.3 Å². The largest absolute Gasteiger partial charge is 0.274 e. The number of benzene rings is 2. The zero-order chi connectivity index (χ0) is 24.3. The first-order valence-corrected chi connectivity index (χ1v) is 11.5. The second kappa shape index (κ2) is 9.35. The molecule has 0 heterocycles. The van der Waals surface area contributed by atoms with Crippen LogP contribution >= 0.6 is 0 Å². The van der Waals surface area contributed by atoms with Gasteiger partial charge in [-0.1, -0.05) is 0 Å². The summed E-state index contributed by atoms with van der Waals surface area (Å²) in [5.74, 6) is -1.02. The molecule has 2 aromatic rings. The molecule has 172 valence electrons. The van der Waals surface area contributed by atoms with Crippen molar-refractivity contribution < 1.29 is 31.5 Å².